The summed E-state index contributed by atoms with van der Waals surface area (Å²) >= 11 is 6.68. The lowest BCUT2D eigenvalue weighted by Crippen LogP contribution is -2.13. The van der Waals surface area contributed by atoms with Crippen LogP contribution < -0.4 is 5.32 Å². The average Bonchev–Trinajstić information content (AvgIpc) is 2.78. The van der Waals surface area contributed by atoms with Gasteiger partial charge < -0.3 is 10.4 Å². The predicted molar refractivity (Wildman–Crippen MR) is 92.7 cm³/mol. The number of benzene rings is 2. The largest absolute Gasteiger partial charge is 0.507 e. The molecule has 2 N–H and O–H groups in total. The number of rotatable bonds is 2. The van der Waals surface area contributed by atoms with Gasteiger partial charge in [0.25, 0.3) is 5.91 Å². The second-order valence-electron chi connectivity index (χ2n) is 4.54. The van der Waals surface area contributed by atoms with Gasteiger partial charge in [0.2, 0.25) is 0 Å². The third-order valence-corrected chi connectivity index (χ3v) is 4.03. The number of nitrogens with one attached hydrogen (secondary N) is 1. The topological polar surface area (TPSA) is 74.0 Å². The standard InChI is InChI=1S/C15H9Br2N3O2/c16-9-2-4-13(21)8(5-9)7-18-20-14-11-6-10(17)1-3-12(11)19-15(14)22/h1-7,21H,(H,19,20,22)/b18-7+. The fraction of sp³-hybridized carbons (Fsp3) is 0. The Bertz CT molecular complexity index is 832. The van der Waals surface area contributed by atoms with Crippen LogP contribution in [0.4, 0.5) is 5.69 Å². The van der Waals surface area contributed by atoms with Crippen LogP contribution in [0.25, 0.3) is 0 Å². The van der Waals surface area contributed by atoms with Crippen LogP contribution in [0.3, 0.4) is 0 Å². The summed E-state index contributed by atoms with van der Waals surface area (Å²) in [6.45, 7) is 0. The van der Waals surface area contributed by atoms with E-state index < -0.39 is 0 Å². The van der Waals surface area contributed by atoms with Crippen LogP contribution in [0.2, 0.25) is 0 Å². The van der Waals surface area contributed by atoms with Crippen molar-refractivity contribution in [2.45, 2.75) is 0 Å². The zero-order valence-corrected chi connectivity index (χ0v) is 14.2. The molecule has 0 spiro atoms. The first kappa shape index (κ1) is 14.9. The molecule has 1 amide bonds. The van der Waals surface area contributed by atoms with Crippen LogP contribution in [0.5, 0.6) is 5.75 Å². The number of fused-ring (bicyclic) bond motifs is 1. The van der Waals surface area contributed by atoms with Crippen molar-refractivity contribution in [2.75, 3.05) is 5.32 Å². The summed E-state index contributed by atoms with van der Waals surface area (Å²) in [6.07, 6.45) is 1.40. The maximum Gasteiger partial charge on any atom is 0.276 e. The van der Waals surface area contributed by atoms with Gasteiger partial charge in [-0.25, -0.2) is 0 Å². The minimum absolute atomic E-state index is 0.0890. The van der Waals surface area contributed by atoms with E-state index in [1.54, 1.807) is 30.3 Å². The Morgan fingerprint density at radius 3 is 2.64 bits per heavy atom. The molecule has 1 heterocycles. The molecule has 2 aromatic carbocycles. The Labute approximate surface area is 143 Å². The number of phenolic OH excluding ortho intramolecular Hbond substituents is 1. The third kappa shape index (κ3) is 2.95. The van der Waals surface area contributed by atoms with Gasteiger partial charge in [-0.3, -0.25) is 4.79 Å². The van der Waals surface area contributed by atoms with Crippen LogP contribution >= 0.6 is 31.9 Å². The summed E-state index contributed by atoms with van der Waals surface area (Å²) in [7, 11) is 0. The minimum atomic E-state index is -0.302. The first-order chi connectivity index (χ1) is 10.5. The molecular formula is C15H9Br2N3O2. The molecule has 5 nitrogen and oxygen atoms in total. The second-order valence-corrected chi connectivity index (χ2v) is 6.37. The Kier molecular flexibility index (Phi) is 4.08. The van der Waals surface area contributed by atoms with Gasteiger partial charge in [-0.05, 0) is 36.4 Å². The van der Waals surface area contributed by atoms with Crippen molar-refractivity contribution in [3.05, 3.63) is 56.5 Å². The smallest absolute Gasteiger partial charge is 0.276 e. The average molecular weight is 423 g/mol. The number of amides is 1. The highest BCUT2D eigenvalue weighted by Gasteiger charge is 2.26. The van der Waals surface area contributed by atoms with Gasteiger partial charge in [-0.15, -0.1) is 5.10 Å². The summed E-state index contributed by atoms with van der Waals surface area (Å²) in [5.74, 6) is -0.213. The number of nitrogens with zero attached hydrogens (tertiary/aromatic N) is 2. The van der Waals surface area contributed by atoms with E-state index in [-0.39, 0.29) is 17.4 Å². The summed E-state index contributed by atoms with van der Waals surface area (Å²) in [6, 6.07) is 10.4. The molecule has 3 rings (SSSR count). The van der Waals surface area contributed by atoms with Crippen molar-refractivity contribution in [2.24, 2.45) is 10.2 Å². The van der Waals surface area contributed by atoms with E-state index in [1.807, 2.05) is 6.07 Å². The zero-order valence-electron chi connectivity index (χ0n) is 11.0. The normalized spacial score (nSPS) is 15.4. The molecule has 2 aromatic rings. The molecule has 0 atom stereocenters. The van der Waals surface area contributed by atoms with Crippen molar-refractivity contribution >= 4 is 55.4 Å². The summed E-state index contributed by atoms with van der Waals surface area (Å²) in [5.41, 5.74) is 2.14. The monoisotopic (exact) mass is 421 g/mol. The lowest BCUT2D eigenvalue weighted by Gasteiger charge is -1.98. The number of anilines is 1. The first-order valence-electron chi connectivity index (χ1n) is 6.25. The lowest BCUT2D eigenvalue weighted by molar-refractivity contribution is -0.110. The van der Waals surface area contributed by atoms with Gasteiger partial charge in [0.15, 0.2) is 5.71 Å². The van der Waals surface area contributed by atoms with Crippen LogP contribution in [0.1, 0.15) is 11.1 Å². The van der Waals surface area contributed by atoms with E-state index in [0.29, 0.717) is 16.8 Å². The number of aromatic hydroxyl groups is 1. The fourth-order valence-electron chi connectivity index (χ4n) is 2.00. The van der Waals surface area contributed by atoms with Crippen molar-refractivity contribution in [1.29, 1.82) is 0 Å². The Morgan fingerprint density at radius 2 is 1.82 bits per heavy atom. The highest BCUT2D eigenvalue weighted by molar-refractivity contribution is 9.10. The third-order valence-electron chi connectivity index (χ3n) is 3.04. The molecule has 110 valence electrons. The van der Waals surface area contributed by atoms with E-state index in [4.69, 9.17) is 0 Å². The van der Waals surface area contributed by atoms with Gasteiger partial charge in [0, 0.05) is 20.1 Å². The second kappa shape index (κ2) is 6.02. The van der Waals surface area contributed by atoms with E-state index in [1.165, 1.54) is 6.21 Å². The number of carbonyl (C=O) groups is 1. The van der Waals surface area contributed by atoms with Crippen molar-refractivity contribution in [1.82, 2.24) is 0 Å². The quantitative estimate of drug-likeness (QED) is 0.572. The maximum absolute atomic E-state index is 11.9. The SMILES string of the molecule is O=C1Nc2ccc(Br)cc2/C1=N/N=C/c1cc(Br)ccc1O. The highest BCUT2D eigenvalue weighted by atomic mass is 79.9. The molecule has 0 aliphatic carbocycles. The van der Waals surface area contributed by atoms with Crippen molar-refractivity contribution < 1.29 is 9.90 Å². The van der Waals surface area contributed by atoms with Crippen molar-refractivity contribution in [3.63, 3.8) is 0 Å². The van der Waals surface area contributed by atoms with Crippen LogP contribution in [0, 0.1) is 0 Å². The number of carbonyl (C=O) groups excluding carboxylic acids is 1. The van der Waals surface area contributed by atoms with E-state index in [9.17, 15) is 9.90 Å². The Morgan fingerprint density at radius 1 is 1.09 bits per heavy atom. The highest BCUT2D eigenvalue weighted by Crippen LogP contribution is 2.27. The van der Waals surface area contributed by atoms with E-state index in [2.05, 4.69) is 47.4 Å². The van der Waals surface area contributed by atoms with Crippen LogP contribution in [0.15, 0.2) is 55.5 Å². The van der Waals surface area contributed by atoms with Crippen LogP contribution in [-0.4, -0.2) is 22.9 Å². The molecule has 1 aliphatic heterocycles. The minimum Gasteiger partial charge on any atom is -0.507 e. The predicted octanol–water partition coefficient (Wildman–Crippen LogP) is 3.69. The lowest BCUT2D eigenvalue weighted by atomic mass is 10.1. The van der Waals surface area contributed by atoms with E-state index >= 15 is 0 Å². The summed E-state index contributed by atoms with van der Waals surface area (Å²) in [5, 5.41) is 20.3. The molecule has 0 aromatic heterocycles. The number of hydrogen-bond acceptors (Lipinski definition) is 4. The molecule has 0 radical (unpaired) electrons. The summed E-state index contributed by atoms with van der Waals surface area (Å²) in [4.78, 5) is 11.9. The molecule has 7 heteroatoms. The van der Waals surface area contributed by atoms with Crippen LogP contribution in [-0.2, 0) is 4.79 Å². The summed E-state index contributed by atoms with van der Waals surface area (Å²) < 4.78 is 1.66. The maximum atomic E-state index is 11.9. The molecular weight excluding hydrogens is 414 g/mol. The molecule has 0 saturated carbocycles. The molecule has 22 heavy (non-hydrogen) atoms. The Hall–Kier alpha value is -1.99. The fourth-order valence-corrected chi connectivity index (χ4v) is 2.74. The number of phenols is 1. The Balaban J connectivity index is 1.93. The van der Waals surface area contributed by atoms with Gasteiger partial charge in [-0.2, -0.15) is 5.10 Å². The van der Waals surface area contributed by atoms with E-state index in [0.717, 1.165) is 8.95 Å². The van der Waals surface area contributed by atoms with Gasteiger partial charge >= 0.3 is 0 Å². The molecule has 0 saturated heterocycles. The molecule has 0 bridgehead atoms. The first-order valence-corrected chi connectivity index (χ1v) is 7.84. The number of hydrogen-bond donors (Lipinski definition) is 2. The molecule has 0 fully saturated rings. The number of halogens is 2. The molecule has 0 unspecified atom stereocenters. The molecule has 1 aliphatic rings. The van der Waals surface area contributed by atoms with Gasteiger partial charge in [0.05, 0.1) is 11.9 Å². The zero-order chi connectivity index (χ0) is 15.7. The van der Waals surface area contributed by atoms with Gasteiger partial charge in [-0.1, -0.05) is 31.9 Å². The van der Waals surface area contributed by atoms with Gasteiger partial charge in [0.1, 0.15) is 5.75 Å². The van der Waals surface area contributed by atoms with Crippen molar-refractivity contribution in [3.8, 4) is 5.75 Å².